The number of amides is 2. The van der Waals surface area contributed by atoms with Gasteiger partial charge in [0.15, 0.2) is 5.89 Å². The molecule has 2 saturated carbocycles. The van der Waals surface area contributed by atoms with Crippen LogP contribution >= 0.6 is 0 Å². The average Bonchev–Trinajstić information content (AvgIpc) is 3.58. The molecule has 11 heteroatoms. The Morgan fingerprint density at radius 1 is 1.00 bits per heavy atom. The van der Waals surface area contributed by atoms with Gasteiger partial charge in [0.2, 0.25) is 5.91 Å². The third-order valence-electron chi connectivity index (χ3n) is 10.7. The summed E-state index contributed by atoms with van der Waals surface area (Å²) in [5.74, 6) is 3.02. The minimum atomic E-state index is -0.236. The van der Waals surface area contributed by atoms with Gasteiger partial charge >= 0.3 is 6.09 Å². The number of hydrogen-bond donors (Lipinski definition) is 0. The molecule has 0 spiro atoms. The minimum Gasteiger partial charge on any atom is -0.495 e. The molecule has 6 rings (SSSR count). The van der Waals surface area contributed by atoms with Gasteiger partial charge in [-0.3, -0.25) is 14.7 Å². The molecule has 0 atom stereocenters. The quantitative estimate of drug-likeness (QED) is 0.229. The third-order valence-corrected chi connectivity index (χ3v) is 10.7. The van der Waals surface area contributed by atoms with E-state index in [9.17, 15) is 9.59 Å². The summed E-state index contributed by atoms with van der Waals surface area (Å²) in [4.78, 5) is 47.2. The standard InChI is InChI=1S/C38H52N6O5/c1-24(2)36-41-33(23-48-36)29-17-18-39-35(19-29)44(20-26-7-9-27(10-8-26)32-15-16-34(47-6)25(3)40-32)37(45)28-11-13-31(14-12-28)49-38(46)43-21-30(22-43)42(4)5/h15-19,23-24,26-28,30-31H,7-14,20-22H2,1-6H3/t26-,27-,28-,31-. The third kappa shape index (κ3) is 8.09. The van der Waals surface area contributed by atoms with Crippen molar-refractivity contribution in [2.45, 2.75) is 96.1 Å². The lowest BCUT2D eigenvalue weighted by molar-refractivity contribution is -0.124. The van der Waals surface area contributed by atoms with Crippen molar-refractivity contribution < 1.29 is 23.5 Å². The number of likely N-dealkylation sites (N-methyl/N-ethyl adjacent to an activating group) is 1. The molecule has 1 aliphatic heterocycles. The normalized spacial score (nSPS) is 23.0. The minimum absolute atomic E-state index is 0.101. The number of anilines is 1. The van der Waals surface area contributed by atoms with Gasteiger partial charge in [0.05, 0.1) is 12.8 Å². The maximum Gasteiger partial charge on any atom is 0.410 e. The van der Waals surface area contributed by atoms with Crippen LogP contribution in [0, 0.1) is 18.8 Å². The number of aryl methyl sites for hydroxylation is 1. The fourth-order valence-corrected chi connectivity index (χ4v) is 7.41. The van der Waals surface area contributed by atoms with Crippen LogP contribution in [0.1, 0.15) is 94.3 Å². The summed E-state index contributed by atoms with van der Waals surface area (Å²) < 4.78 is 17.0. The van der Waals surface area contributed by atoms with Crippen molar-refractivity contribution >= 4 is 17.8 Å². The van der Waals surface area contributed by atoms with E-state index in [2.05, 4.69) is 24.8 Å². The number of likely N-dealkylation sites (tertiary alicyclic amines) is 1. The molecule has 49 heavy (non-hydrogen) atoms. The van der Waals surface area contributed by atoms with Gasteiger partial charge in [0.25, 0.3) is 0 Å². The number of aromatic nitrogens is 3. The van der Waals surface area contributed by atoms with Crippen LogP contribution in [0.2, 0.25) is 0 Å². The predicted molar refractivity (Wildman–Crippen MR) is 188 cm³/mol. The van der Waals surface area contributed by atoms with Gasteiger partial charge in [-0.15, -0.1) is 0 Å². The number of carbonyl (C=O) groups excluding carboxylic acids is 2. The van der Waals surface area contributed by atoms with Crippen molar-refractivity contribution in [3.8, 4) is 17.0 Å². The molecule has 0 bridgehead atoms. The van der Waals surface area contributed by atoms with Gasteiger partial charge in [-0.1, -0.05) is 13.8 Å². The second-order valence-corrected chi connectivity index (χ2v) is 14.7. The molecular weight excluding hydrogens is 620 g/mol. The molecule has 4 heterocycles. The molecule has 0 N–H and O–H groups in total. The van der Waals surface area contributed by atoms with Gasteiger partial charge < -0.3 is 23.7 Å². The number of nitrogens with zero attached hydrogens (tertiary/aromatic N) is 6. The molecule has 3 aromatic heterocycles. The highest BCUT2D eigenvalue weighted by molar-refractivity contribution is 5.94. The van der Waals surface area contributed by atoms with Crippen LogP contribution in [0.15, 0.2) is 41.1 Å². The molecule has 1 saturated heterocycles. The fourth-order valence-electron chi connectivity index (χ4n) is 7.41. The Morgan fingerprint density at radius 2 is 1.73 bits per heavy atom. The molecule has 0 unspecified atom stereocenters. The van der Waals surface area contributed by atoms with Gasteiger partial charge in [0, 0.05) is 60.9 Å². The molecule has 0 aromatic carbocycles. The highest BCUT2D eigenvalue weighted by Gasteiger charge is 2.37. The zero-order valence-corrected chi connectivity index (χ0v) is 29.9. The topological polar surface area (TPSA) is 114 Å². The molecular formula is C38H52N6O5. The lowest BCUT2D eigenvalue weighted by Gasteiger charge is -2.42. The predicted octanol–water partition coefficient (Wildman–Crippen LogP) is 6.82. The first-order valence-corrected chi connectivity index (χ1v) is 18.0. The number of methoxy groups -OCH3 is 1. The monoisotopic (exact) mass is 672 g/mol. The lowest BCUT2D eigenvalue weighted by Crippen LogP contribution is -2.59. The molecule has 0 radical (unpaired) electrons. The molecule has 264 valence electrons. The number of rotatable bonds is 10. The first kappa shape index (κ1) is 34.9. The summed E-state index contributed by atoms with van der Waals surface area (Å²) >= 11 is 0. The van der Waals surface area contributed by atoms with E-state index in [1.807, 2.05) is 44.1 Å². The van der Waals surface area contributed by atoms with Crippen LogP contribution in [-0.4, -0.2) is 89.7 Å². The van der Waals surface area contributed by atoms with E-state index >= 15 is 0 Å². The molecule has 3 aliphatic rings. The van der Waals surface area contributed by atoms with Crippen molar-refractivity contribution in [3.63, 3.8) is 0 Å². The number of pyridine rings is 2. The fraction of sp³-hybridized carbons (Fsp3) is 0.605. The van der Waals surface area contributed by atoms with E-state index in [4.69, 9.17) is 28.8 Å². The molecule has 3 aromatic rings. The van der Waals surface area contributed by atoms with Gasteiger partial charge in [0.1, 0.15) is 29.6 Å². The van der Waals surface area contributed by atoms with E-state index in [-0.39, 0.29) is 29.9 Å². The van der Waals surface area contributed by atoms with Gasteiger partial charge in [-0.2, -0.15) is 0 Å². The summed E-state index contributed by atoms with van der Waals surface area (Å²) in [7, 11) is 5.74. The number of hydrogen-bond acceptors (Lipinski definition) is 9. The van der Waals surface area contributed by atoms with Gasteiger partial charge in [-0.05, 0) is 103 Å². The summed E-state index contributed by atoms with van der Waals surface area (Å²) in [5, 5.41) is 0. The second kappa shape index (κ2) is 15.3. The van der Waals surface area contributed by atoms with Crippen molar-refractivity contribution in [2.24, 2.45) is 11.8 Å². The largest absolute Gasteiger partial charge is 0.495 e. The summed E-state index contributed by atoms with van der Waals surface area (Å²) in [6, 6.07) is 8.38. The Labute approximate surface area is 290 Å². The highest BCUT2D eigenvalue weighted by Crippen LogP contribution is 2.38. The maximum atomic E-state index is 14.4. The summed E-state index contributed by atoms with van der Waals surface area (Å²) in [6.07, 6.45) is 9.86. The van der Waals surface area contributed by atoms with E-state index in [1.54, 1.807) is 24.5 Å². The van der Waals surface area contributed by atoms with Crippen molar-refractivity contribution in [3.05, 3.63) is 54.0 Å². The zero-order valence-electron chi connectivity index (χ0n) is 29.9. The Balaban J connectivity index is 1.13. The Hall–Kier alpha value is -3.99. The molecule has 2 aliphatic carbocycles. The zero-order chi connectivity index (χ0) is 34.7. The van der Waals surface area contributed by atoms with E-state index in [1.165, 1.54) is 0 Å². The summed E-state index contributed by atoms with van der Waals surface area (Å²) in [5.41, 5.74) is 3.65. The lowest BCUT2D eigenvalue weighted by atomic mass is 9.79. The Kier molecular flexibility index (Phi) is 10.9. The van der Waals surface area contributed by atoms with Crippen LogP contribution in [0.4, 0.5) is 10.6 Å². The van der Waals surface area contributed by atoms with Crippen LogP contribution in [-0.2, 0) is 9.53 Å². The Morgan fingerprint density at radius 3 is 2.37 bits per heavy atom. The van der Waals surface area contributed by atoms with E-state index in [0.717, 1.165) is 54.1 Å². The van der Waals surface area contributed by atoms with Crippen LogP contribution < -0.4 is 9.64 Å². The number of ether oxygens (including phenoxy) is 2. The second-order valence-electron chi connectivity index (χ2n) is 14.7. The highest BCUT2D eigenvalue weighted by atomic mass is 16.6. The van der Waals surface area contributed by atoms with E-state index in [0.29, 0.717) is 74.9 Å². The molecule has 2 amide bonds. The number of carbonyl (C=O) groups is 2. The van der Waals surface area contributed by atoms with Crippen LogP contribution in [0.25, 0.3) is 11.3 Å². The number of oxazole rings is 1. The van der Waals surface area contributed by atoms with Crippen molar-refractivity contribution in [1.82, 2.24) is 24.8 Å². The average molecular weight is 673 g/mol. The van der Waals surface area contributed by atoms with Crippen molar-refractivity contribution in [1.29, 1.82) is 0 Å². The van der Waals surface area contributed by atoms with Gasteiger partial charge in [-0.25, -0.2) is 14.8 Å². The first-order chi connectivity index (χ1) is 23.6. The van der Waals surface area contributed by atoms with Crippen molar-refractivity contribution in [2.75, 3.05) is 45.7 Å². The maximum absolute atomic E-state index is 14.4. The van der Waals surface area contributed by atoms with E-state index < -0.39 is 0 Å². The first-order valence-electron chi connectivity index (χ1n) is 18.0. The SMILES string of the molecule is COc1ccc([C@H]2CC[C@H](CN(c3cc(-c4coc(C(C)C)n4)ccn3)C(=O)[C@H]3CC[C@H](OC(=O)N4CC(N(C)C)C4)CC3)CC2)nc1C. The molecule has 3 fully saturated rings. The smallest absolute Gasteiger partial charge is 0.410 e. The van der Waals surface area contributed by atoms with Crippen LogP contribution in [0.3, 0.4) is 0 Å². The molecule has 11 nitrogen and oxygen atoms in total. The summed E-state index contributed by atoms with van der Waals surface area (Å²) in [6.45, 7) is 8.11. The Bertz CT molecular complexity index is 1580. The van der Waals surface area contributed by atoms with Crippen LogP contribution in [0.5, 0.6) is 5.75 Å².